The Morgan fingerprint density at radius 1 is 1.31 bits per heavy atom. The van der Waals surface area contributed by atoms with Crippen LogP contribution in [0.2, 0.25) is 0 Å². The lowest BCUT2D eigenvalue weighted by Crippen LogP contribution is -2.58. The maximum absolute atomic E-state index is 13.0. The molecule has 1 heterocycles. The van der Waals surface area contributed by atoms with E-state index >= 15 is 0 Å². The van der Waals surface area contributed by atoms with Crippen LogP contribution in [-0.4, -0.2) is 39.7 Å². The summed E-state index contributed by atoms with van der Waals surface area (Å²) in [6.45, 7) is 7.93. The van der Waals surface area contributed by atoms with Crippen molar-refractivity contribution in [2.24, 2.45) is 21.8 Å². The van der Waals surface area contributed by atoms with Gasteiger partial charge in [-0.05, 0) is 55.0 Å². The molecule has 0 aromatic heterocycles. The Bertz CT molecular complexity index is 866. The molecule has 156 valence electrons. The summed E-state index contributed by atoms with van der Waals surface area (Å²) in [4.78, 5) is 27.3. The van der Waals surface area contributed by atoms with Crippen LogP contribution in [0.1, 0.15) is 46.1 Å². The summed E-state index contributed by atoms with van der Waals surface area (Å²) in [5, 5.41) is 4.31. The minimum atomic E-state index is -0.496. The Labute approximate surface area is 181 Å². The second kappa shape index (κ2) is 8.07. The van der Waals surface area contributed by atoms with E-state index < -0.39 is 5.41 Å². The summed E-state index contributed by atoms with van der Waals surface area (Å²) >= 11 is 6.57. The predicted octanol–water partition coefficient (Wildman–Crippen LogP) is 3.80. The van der Waals surface area contributed by atoms with Crippen molar-refractivity contribution in [3.05, 3.63) is 29.8 Å². The van der Waals surface area contributed by atoms with Gasteiger partial charge in [-0.1, -0.05) is 44.8 Å². The average Bonchev–Trinajstić information content (AvgIpc) is 2.89. The molecule has 0 radical (unpaired) electrons. The Kier molecular flexibility index (Phi) is 6.06. The van der Waals surface area contributed by atoms with Gasteiger partial charge in [0.2, 0.25) is 11.8 Å². The van der Waals surface area contributed by atoms with Gasteiger partial charge in [0.15, 0.2) is 4.32 Å². The Morgan fingerprint density at radius 2 is 1.97 bits per heavy atom. The van der Waals surface area contributed by atoms with Crippen LogP contribution < -0.4 is 10.2 Å². The number of ether oxygens (including phenoxy) is 1. The van der Waals surface area contributed by atoms with Gasteiger partial charge in [-0.3, -0.25) is 19.9 Å². The second-order valence-corrected chi connectivity index (χ2v) is 9.94. The molecule has 8 heteroatoms. The van der Waals surface area contributed by atoms with E-state index in [2.05, 4.69) is 10.5 Å². The topological polar surface area (TPSA) is 71.0 Å². The predicted molar refractivity (Wildman–Crippen MR) is 120 cm³/mol. The van der Waals surface area contributed by atoms with E-state index in [1.54, 1.807) is 7.11 Å². The first kappa shape index (κ1) is 21.8. The number of methoxy groups -OCH3 is 1. The molecule has 2 bridgehead atoms. The van der Waals surface area contributed by atoms with E-state index in [-0.39, 0.29) is 29.0 Å². The van der Waals surface area contributed by atoms with E-state index in [0.29, 0.717) is 4.32 Å². The second-order valence-electron chi connectivity index (χ2n) is 8.31. The monoisotopic (exact) mass is 433 g/mol. The molecule has 0 spiro atoms. The Hall–Kier alpha value is -1.93. The normalized spacial score (nSPS) is 25.9. The Balaban J connectivity index is 1.59. The zero-order valence-electron chi connectivity index (χ0n) is 17.4. The number of hydrogen-bond acceptors (Lipinski definition) is 6. The van der Waals surface area contributed by atoms with Crippen LogP contribution in [0, 0.1) is 16.7 Å². The van der Waals surface area contributed by atoms with Gasteiger partial charge in [-0.25, -0.2) is 0 Å². The van der Waals surface area contributed by atoms with Crippen LogP contribution in [0.4, 0.5) is 0 Å². The van der Waals surface area contributed by atoms with Crippen LogP contribution in [0.3, 0.4) is 0 Å². The molecular weight excluding hydrogens is 406 g/mol. The molecule has 29 heavy (non-hydrogen) atoms. The third-order valence-corrected chi connectivity index (χ3v) is 7.84. The SMILES string of the molecule is COc1ccc(/C(C)=N\NC(=S)SCN2C(=O)[C@H]3CC[C@@](C)(C2=O)C3(C)C)cc1. The van der Waals surface area contributed by atoms with Crippen molar-refractivity contribution in [1.82, 2.24) is 10.3 Å². The number of thioether (sulfide) groups is 1. The van der Waals surface area contributed by atoms with Crippen LogP contribution in [0.15, 0.2) is 29.4 Å². The van der Waals surface area contributed by atoms with Crippen molar-refractivity contribution in [3.63, 3.8) is 0 Å². The molecule has 2 amide bonds. The first-order valence-electron chi connectivity index (χ1n) is 9.59. The molecule has 6 nitrogen and oxygen atoms in total. The van der Waals surface area contributed by atoms with Gasteiger partial charge in [-0.2, -0.15) is 5.10 Å². The number of nitrogens with zero attached hydrogens (tertiary/aromatic N) is 2. The van der Waals surface area contributed by atoms with Crippen LogP contribution in [-0.2, 0) is 9.59 Å². The van der Waals surface area contributed by atoms with Crippen molar-refractivity contribution >= 4 is 45.8 Å². The van der Waals surface area contributed by atoms with E-state index in [1.165, 1.54) is 16.7 Å². The lowest BCUT2D eigenvalue weighted by molar-refractivity contribution is -0.166. The van der Waals surface area contributed by atoms with Crippen LogP contribution >= 0.6 is 24.0 Å². The van der Waals surface area contributed by atoms with Crippen molar-refractivity contribution < 1.29 is 14.3 Å². The summed E-state index contributed by atoms with van der Waals surface area (Å²) in [5.74, 6) is 0.714. The molecule has 1 saturated carbocycles. The molecule has 1 aliphatic heterocycles. The maximum Gasteiger partial charge on any atom is 0.236 e. The number of amides is 2. The number of benzene rings is 1. The highest BCUT2D eigenvalue weighted by Crippen LogP contribution is 2.60. The summed E-state index contributed by atoms with van der Waals surface area (Å²) in [7, 11) is 1.62. The van der Waals surface area contributed by atoms with Gasteiger partial charge in [0, 0.05) is 5.92 Å². The first-order valence-corrected chi connectivity index (χ1v) is 11.0. The quantitative estimate of drug-likeness (QED) is 0.330. The maximum atomic E-state index is 13.0. The minimum absolute atomic E-state index is 0.0804. The summed E-state index contributed by atoms with van der Waals surface area (Å²) < 4.78 is 5.57. The third kappa shape index (κ3) is 3.80. The fraction of sp³-hybridized carbons (Fsp3) is 0.524. The molecule has 1 aromatic rings. The molecule has 2 aliphatic rings. The largest absolute Gasteiger partial charge is 0.497 e. The number of rotatable bonds is 5. The van der Waals surface area contributed by atoms with Gasteiger partial charge in [0.1, 0.15) is 5.75 Å². The Morgan fingerprint density at radius 3 is 2.59 bits per heavy atom. The van der Waals surface area contributed by atoms with Gasteiger partial charge in [0.05, 0.1) is 24.1 Å². The number of carbonyl (C=O) groups is 2. The molecule has 2 atom stereocenters. The summed E-state index contributed by atoms with van der Waals surface area (Å²) in [6.07, 6.45) is 1.52. The fourth-order valence-corrected chi connectivity index (χ4v) is 5.01. The van der Waals surface area contributed by atoms with E-state index in [4.69, 9.17) is 17.0 Å². The number of fused-ring (bicyclic) bond motifs is 2. The zero-order chi connectivity index (χ0) is 21.4. The highest BCUT2D eigenvalue weighted by molar-refractivity contribution is 8.22. The number of imide groups is 1. The highest BCUT2D eigenvalue weighted by atomic mass is 32.2. The standard InChI is InChI=1S/C21H27N3O3S2/c1-13(14-6-8-15(27-5)9-7-14)22-23-19(28)29-12-24-17(25)16-10-11-21(4,18(24)26)20(16,2)3/h6-9,16H,10-12H2,1-5H3,(H,23,28)/b22-13-/t16-,21+/m1/s1. The number of likely N-dealkylation sites (tertiary alicyclic amines) is 1. The zero-order valence-corrected chi connectivity index (χ0v) is 19.1. The third-order valence-electron chi connectivity index (χ3n) is 6.66. The van der Waals surface area contributed by atoms with E-state index in [1.807, 2.05) is 52.0 Å². The van der Waals surface area contributed by atoms with Gasteiger partial charge >= 0.3 is 0 Å². The van der Waals surface area contributed by atoms with Crippen LogP contribution in [0.5, 0.6) is 5.75 Å². The van der Waals surface area contributed by atoms with Gasteiger partial charge in [-0.15, -0.1) is 0 Å². The van der Waals surface area contributed by atoms with Crippen molar-refractivity contribution in [2.75, 3.05) is 13.0 Å². The summed E-state index contributed by atoms with van der Waals surface area (Å²) in [5.41, 5.74) is 3.76. The lowest BCUT2D eigenvalue weighted by Gasteiger charge is -2.47. The molecule has 1 saturated heterocycles. The fourth-order valence-electron chi connectivity index (χ4n) is 4.21. The molecule has 1 aromatic carbocycles. The van der Waals surface area contributed by atoms with Crippen molar-refractivity contribution in [2.45, 2.75) is 40.5 Å². The molecule has 1 aliphatic carbocycles. The number of thiocarbonyl (C=S) groups is 1. The highest BCUT2D eigenvalue weighted by Gasteiger charge is 2.64. The van der Waals surface area contributed by atoms with Gasteiger partial charge in [0.25, 0.3) is 0 Å². The number of nitrogens with one attached hydrogen (secondary N) is 1. The van der Waals surface area contributed by atoms with Crippen LogP contribution in [0.25, 0.3) is 0 Å². The van der Waals surface area contributed by atoms with E-state index in [0.717, 1.165) is 29.9 Å². The number of carbonyl (C=O) groups excluding carboxylic acids is 2. The lowest BCUT2D eigenvalue weighted by atomic mass is 9.62. The molecule has 1 N–H and O–H groups in total. The van der Waals surface area contributed by atoms with Crippen molar-refractivity contribution in [3.8, 4) is 5.75 Å². The number of piperidine rings is 1. The number of hydrazone groups is 1. The van der Waals surface area contributed by atoms with Crippen molar-refractivity contribution in [1.29, 1.82) is 0 Å². The smallest absolute Gasteiger partial charge is 0.236 e. The molecule has 0 unspecified atom stereocenters. The average molecular weight is 434 g/mol. The first-order chi connectivity index (χ1) is 13.6. The number of hydrogen-bond donors (Lipinski definition) is 1. The molecular formula is C21H27N3O3S2. The molecule has 3 rings (SSSR count). The molecule has 2 fully saturated rings. The van der Waals surface area contributed by atoms with Gasteiger partial charge < -0.3 is 4.74 Å². The summed E-state index contributed by atoms with van der Waals surface area (Å²) in [6, 6.07) is 7.56. The minimum Gasteiger partial charge on any atom is -0.497 e. The van der Waals surface area contributed by atoms with E-state index in [9.17, 15) is 9.59 Å².